The zero-order valence-electron chi connectivity index (χ0n) is 15.8. The number of hydrogen-bond acceptors (Lipinski definition) is 5. The van der Waals surface area contributed by atoms with Gasteiger partial charge in [-0.15, -0.1) is 0 Å². The van der Waals surface area contributed by atoms with Gasteiger partial charge in [-0.2, -0.15) is 0 Å². The molecule has 0 aliphatic carbocycles. The molecule has 0 aromatic heterocycles. The molecule has 2 amide bonds. The second kappa shape index (κ2) is 9.75. The number of likely N-dealkylation sites (N-methyl/N-ethyl adjacent to an activating group) is 1. The third-order valence-corrected chi connectivity index (χ3v) is 4.09. The van der Waals surface area contributed by atoms with E-state index in [1.54, 1.807) is 42.5 Å². The van der Waals surface area contributed by atoms with E-state index < -0.39 is 24.4 Å². The Balaban J connectivity index is 1.86. The molecule has 0 saturated heterocycles. The minimum absolute atomic E-state index is 0.226. The molecule has 0 heterocycles. The van der Waals surface area contributed by atoms with Crippen molar-refractivity contribution in [2.75, 3.05) is 32.6 Å². The van der Waals surface area contributed by atoms with Crippen molar-refractivity contribution in [2.24, 2.45) is 0 Å². The van der Waals surface area contributed by atoms with Gasteiger partial charge in [0.05, 0.1) is 24.9 Å². The van der Waals surface area contributed by atoms with Gasteiger partial charge in [-0.3, -0.25) is 9.59 Å². The molecule has 0 bridgehead atoms. The van der Waals surface area contributed by atoms with E-state index in [1.807, 2.05) is 6.92 Å². The maximum atomic E-state index is 12.2. The number of benzene rings is 2. The molecule has 0 aliphatic heterocycles. The summed E-state index contributed by atoms with van der Waals surface area (Å²) < 4.78 is 10.2. The van der Waals surface area contributed by atoms with Crippen molar-refractivity contribution in [3.05, 3.63) is 58.6 Å². The number of aryl methyl sites for hydroxylation is 1. The molecule has 0 fully saturated rings. The maximum Gasteiger partial charge on any atom is 0.338 e. The first-order valence-corrected chi connectivity index (χ1v) is 8.79. The third-order valence-electron chi connectivity index (χ3n) is 3.86. The zero-order valence-corrected chi connectivity index (χ0v) is 16.6. The Labute approximate surface area is 168 Å². The number of nitrogens with one attached hydrogen (secondary N) is 1. The lowest BCUT2D eigenvalue weighted by molar-refractivity contribution is -0.136. The van der Waals surface area contributed by atoms with E-state index >= 15 is 0 Å². The van der Waals surface area contributed by atoms with Crippen LogP contribution in [0, 0.1) is 6.92 Å². The van der Waals surface area contributed by atoms with E-state index in [1.165, 1.54) is 14.2 Å². The number of methoxy groups -OCH3 is 1. The topological polar surface area (TPSA) is 84.9 Å². The number of esters is 1. The van der Waals surface area contributed by atoms with Crippen molar-refractivity contribution in [2.45, 2.75) is 6.92 Å². The number of carbonyl (C=O) groups excluding carboxylic acids is 3. The molecule has 0 aliphatic rings. The molecule has 2 aromatic carbocycles. The number of amides is 2. The van der Waals surface area contributed by atoms with Crippen LogP contribution in [0.2, 0.25) is 5.02 Å². The van der Waals surface area contributed by atoms with Crippen LogP contribution in [0.1, 0.15) is 15.9 Å². The lowest BCUT2D eigenvalue weighted by atomic mass is 10.1. The number of rotatable bonds is 7. The first-order chi connectivity index (χ1) is 13.3. The molecule has 0 saturated carbocycles. The third kappa shape index (κ3) is 5.99. The van der Waals surface area contributed by atoms with Crippen LogP contribution in [0.25, 0.3) is 0 Å². The average molecular weight is 405 g/mol. The van der Waals surface area contributed by atoms with Crippen LogP contribution in [-0.4, -0.2) is 50.0 Å². The second-order valence-corrected chi connectivity index (χ2v) is 6.52. The first kappa shape index (κ1) is 21.2. The molecule has 1 N–H and O–H groups in total. The molecule has 0 unspecified atom stereocenters. The van der Waals surface area contributed by atoms with Gasteiger partial charge in [0.2, 0.25) is 5.91 Å². The summed E-state index contributed by atoms with van der Waals surface area (Å²) in [5, 5.41) is 3.07. The van der Waals surface area contributed by atoms with Gasteiger partial charge in [0.1, 0.15) is 5.75 Å². The molecule has 2 rings (SSSR count). The Hall–Kier alpha value is -3.06. The van der Waals surface area contributed by atoms with Gasteiger partial charge >= 0.3 is 5.97 Å². The minimum Gasteiger partial charge on any atom is -0.495 e. The fourth-order valence-corrected chi connectivity index (χ4v) is 2.45. The van der Waals surface area contributed by atoms with Crippen LogP contribution in [-0.2, 0) is 14.3 Å². The molecular weight excluding hydrogens is 384 g/mol. The smallest absolute Gasteiger partial charge is 0.338 e. The summed E-state index contributed by atoms with van der Waals surface area (Å²) in [5.74, 6) is -1.11. The van der Waals surface area contributed by atoms with Crippen molar-refractivity contribution < 1.29 is 23.9 Å². The highest BCUT2D eigenvalue weighted by Gasteiger charge is 2.17. The van der Waals surface area contributed by atoms with Crippen molar-refractivity contribution in [3.8, 4) is 5.75 Å². The Bertz CT molecular complexity index is 867. The molecular formula is C20H21ClN2O5. The summed E-state index contributed by atoms with van der Waals surface area (Å²) in [7, 11) is 2.91. The number of nitrogens with zero attached hydrogens (tertiary/aromatic N) is 1. The Morgan fingerprint density at radius 2 is 1.79 bits per heavy atom. The van der Waals surface area contributed by atoms with Crippen LogP contribution in [0.3, 0.4) is 0 Å². The number of halogens is 1. The van der Waals surface area contributed by atoms with Crippen LogP contribution in [0.5, 0.6) is 5.75 Å². The predicted molar refractivity (Wildman–Crippen MR) is 106 cm³/mol. The van der Waals surface area contributed by atoms with Gasteiger partial charge in [0, 0.05) is 12.1 Å². The van der Waals surface area contributed by atoms with Crippen LogP contribution in [0.4, 0.5) is 5.69 Å². The van der Waals surface area contributed by atoms with Crippen molar-refractivity contribution in [1.82, 2.24) is 4.90 Å². The number of ether oxygens (including phenoxy) is 2. The van der Waals surface area contributed by atoms with E-state index in [9.17, 15) is 14.4 Å². The van der Waals surface area contributed by atoms with E-state index in [0.717, 1.165) is 10.5 Å². The summed E-state index contributed by atoms with van der Waals surface area (Å²) in [6.07, 6.45) is 0. The molecule has 148 valence electrons. The van der Waals surface area contributed by atoms with Crippen molar-refractivity contribution >= 4 is 35.1 Å². The van der Waals surface area contributed by atoms with Crippen molar-refractivity contribution in [3.63, 3.8) is 0 Å². The van der Waals surface area contributed by atoms with Crippen LogP contribution in [0.15, 0.2) is 42.5 Å². The Morgan fingerprint density at radius 1 is 1.11 bits per heavy atom. The van der Waals surface area contributed by atoms with Gasteiger partial charge < -0.3 is 19.7 Å². The van der Waals surface area contributed by atoms with E-state index in [4.69, 9.17) is 21.1 Å². The minimum atomic E-state index is -0.602. The maximum absolute atomic E-state index is 12.2. The van der Waals surface area contributed by atoms with E-state index in [0.29, 0.717) is 22.0 Å². The Morgan fingerprint density at radius 3 is 2.43 bits per heavy atom. The van der Waals surface area contributed by atoms with E-state index in [2.05, 4.69) is 5.32 Å². The SMILES string of the molecule is COc1ccc(Cl)cc1NC(=O)CN(C)C(=O)COC(=O)c1ccc(C)cc1. The zero-order chi connectivity index (χ0) is 20.7. The molecule has 2 aromatic rings. The normalized spacial score (nSPS) is 10.1. The highest BCUT2D eigenvalue weighted by atomic mass is 35.5. The second-order valence-electron chi connectivity index (χ2n) is 6.08. The largest absolute Gasteiger partial charge is 0.495 e. The Kier molecular flexibility index (Phi) is 7.40. The molecule has 7 nitrogen and oxygen atoms in total. The average Bonchev–Trinajstić information content (AvgIpc) is 2.66. The lowest BCUT2D eigenvalue weighted by Crippen LogP contribution is -2.37. The van der Waals surface area contributed by atoms with Gasteiger partial charge in [0.15, 0.2) is 6.61 Å². The summed E-state index contributed by atoms with van der Waals surface area (Å²) in [4.78, 5) is 37.4. The van der Waals surface area contributed by atoms with Gasteiger partial charge in [-0.25, -0.2) is 4.79 Å². The van der Waals surface area contributed by atoms with Crippen molar-refractivity contribution in [1.29, 1.82) is 0 Å². The van der Waals surface area contributed by atoms with Crippen LogP contribution >= 0.6 is 11.6 Å². The number of anilines is 1. The molecule has 0 radical (unpaired) electrons. The fraction of sp³-hybridized carbons (Fsp3) is 0.250. The highest BCUT2D eigenvalue weighted by Crippen LogP contribution is 2.27. The monoisotopic (exact) mass is 404 g/mol. The molecule has 28 heavy (non-hydrogen) atoms. The molecule has 8 heteroatoms. The van der Waals surface area contributed by atoms with Gasteiger partial charge in [-0.1, -0.05) is 29.3 Å². The number of carbonyl (C=O) groups is 3. The quantitative estimate of drug-likeness (QED) is 0.717. The first-order valence-electron chi connectivity index (χ1n) is 8.41. The highest BCUT2D eigenvalue weighted by molar-refractivity contribution is 6.31. The summed E-state index contributed by atoms with van der Waals surface area (Å²) >= 11 is 5.92. The summed E-state index contributed by atoms with van der Waals surface area (Å²) in [5.41, 5.74) is 1.76. The fourth-order valence-electron chi connectivity index (χ4n) is 2.28. The summed E-state index contributed by atoms with van der Waals surface area (Å²) in [6.45, 7) is 1.21. The lowest BCUT2D eigenvalue weighted by Gasteiger charge is -2.17. The predicted octanol–water partition coefficient (Wildman–Crippen LogP) is 2.91. The van der Waals surface area contributed by atoms with E-state index in [-0.39, 0.29) is 6.54 Å². The summed E-state index contributed by atoms with van der Waals surface area (Å²) in [6, 6.07) is 11.6. The number of hydrogen-bond donors (Lipinski definition) is 1. The standard InChI is InChI=1S/C20H21ClN2O5/c1-13-4-6-14(7-5-13)20(26)28-12-19(25)23(2)11-18(24)22-16-10-15(21)8-9-17(16)27-3/h4-10H,11-12H2,1-3H3,(H,22,24). The van der Waals surface area contributed by atoms with Crippen LogP contribution < -0.4 is 10.1 Å². The van der Waals surface area contributed by atoms with Gasteiger partial charge in [-0.05, 0) is 37.3 Å². The molecule has 0 spiro atoms. The van der Waals surface area contributed by atoms with Gasteiger partial charge in [0.25, 0.3) is 5.91 Å². The molecule has 0 atom stereocenters.